The number of piperazine rings is 1. The third kappa shape index (κ3) is 7.05. The van der Waals surface area contributed by atoms with Gasteiger partial charge in [0.25, 0.3) is 0 Å². The number of nitrogens with zero attached hydrogens (tertiary/aromatic N) is 2. The van der Waals surface area contributed by atoms with E-state index in [4.69, 9.17) is 14.2 Å². The van der Waals surface area contributed by atoms with E-state index in [9.17, 15) is 14.7 Å². The summed E-state index contributed by atoms with van der Waals surface area (Å²) in [6.07, 6.45) is 3.95. The standard InChI is InChI=1S/C24H40N2O6/c1-7-17(2)22-18(3)8-9-20(31-23(29)26-14-12-25(5)13-15-26)24(4,30-6)11-10-19(27)16-21(28)32-22/h7-9,18-20,22,27H,10-16H2,1-6H3/b9-8+,17-7+/t18-,19+,20-,22+,24+/m0/s1. The minimum Gasteiger partial charge on any atom is -0.457 e. The van der Waals surface area contributed by atoms with Crippen LogP contribution in [0, 0.1) is 5.92 Å². The summed E-state index contributed by atoms with van der Waals surface area (Å²) in [6.45, 7) is 10.5. The van der Waals surface area contributed by atoms with Crippen molar-refractivity contribution in [2.45, 2.75) is 70.9 Å². The summed E-state index contributed by atoms with van der Waals surface area (Å²) in [5.41, 5.74) is 0.0655. The lowest BCUT2D eigenvalue weighted by atomic mass is 9.88. The van der Waals surface area contributed by atoms with E-state index in [1.165, 1.54) is 0 Å². The van der Waals surface area contributed by atoms with Crippen molar-refractivity contribution in [1.82, 2.24) is 9.80 Å². The zero-order valence-corrected chi connectivity index (χ0v) is 20.4. The molecule has 0 saturated carbocycles. The highest BCUT2D eigenvalue weighted by atomic mass is 16.6. The fraction of sp³-hybridized carbons (Fsp3) is 0.750. The number of rotatable bonds is 3. The van der Waals surface area contributed by atoms with Crippen LogP contribution >= 0.6 is 0 Å². The fourth-order valence-corrected chi connectivity index (χ4v) is 3.99. The van der Waals surface area contributed by atoms with Crippen LogP contribution in [0.25, 0.3) is 0 Å². The van der Waals surface area contributed by atoms with E-state index in [1.54, 1.807) is 12.0 Å². The molecule has 0 unspecified atom stereocenters. The summed E-state index contributed by atoms with van der Waals surface area (Å²) in [6, 6.07) is 0. The number of ether oxygens (including phenoxy) is 3. The van der Waals surface area contributed by atoms with E-state index in [1.807, 2.05) is 53.0 Å². The lowest BCUT2D eigenvalue weighted by Crippen LogP contribution is -2.50. The molecular weight excluding hydrogens is 412 g/mol. The average Bonchev–Trinajstić information content (AvgIpc) is 2.77. The predicted molar refractivity (Wildman–Crippen MR) is 122 cm³/mol. The van der Waals surface area contributed by atoms with Gasteiger partial charge in [0.2, 0.25) is 0 Å². The molecule has 0 aromatic carbocycles. The third-order valence-corrected chi connectivity index (χ3v) is 6.66. The summed E-state index contributed by atoms with van der Waals surface area (Å²) in [5, 5.41) is 10.4. The first-order valence-electron chi connectivity index (χ1n) is 11.5. The Kier molecular flexibility index (Phi) is 9.73. The second-order valence-corrected chi connectivity index (χ2v) is 9.20. The number of allylic oxidation sites excluding steroid dienone is 1. The normalized spacial score (nSPS) is 34.8. The van der Waals surface area contributed by atoms with Gasteiger partial charge >= 0.3 is 12.1 Å². The molecule has 2 rings (SSSR count). The number of amides is 1. The number of hydrogen-bond donors (Lipinski definition) is 1. The number of esters is 1. The molecule has 0 bridgehead atoms. The molecule has 0 aromatic rings. The van der Waals surface area contributed by atoms with Gasteiger partial charge in [-0.2, -0.15) is 0 Å². The van der Waals surface area contributed by atoms with Gasteiger partial charge in [-0.25, -0.2) is 4.79 Å². The van der Waals surface area contributed by atoms with Crippen molar-refractivity contribution in [3.05, 3.63) is 23.8 Å². The van der Waals surface area contributed by atoms with E-state index in [0.717, 1.165) is 18.7 Å². The molecule has 1 saturated heterocycles. The minimum absolute atomic E-state index is 0.0878. The smallest absolute Gasteiger partial charge is 0.410 e. The molecule has 1 N–H and O–H groups in total. The summed E-state index contributed by atoms with van der Waals surface area (Å²) < 4.78 is 17.5. The maximum Gasteiger partial charge on any atom is 0.410 e. The van der Waals surface area contributed by atoms with E-state index < -0.39 is 29.9 Å². The van der Waals surface area contributed by atoms with Crippen molar-refractivity contribution in [2.75, 3.05) is 40.3 Å². The Bertz CT molecular complexity index is 701. The number of hydrogen-bond acceptors (Lipinski definition) is 7. The number of methoxy groups -OCH3 is 1. The Morgan fingerprint density at radius 1 is 1.28 bits per heavy atom. The van der Waals surface area contributed by atoms with Gasteiger partial charge in [-0.3, -0.25) is 4.79 Å². The minimum atomic E-state index is -0.865. The number of carbonyl (C=O) groups is 2. The number of aliphatic hydroxyl groups is 1. The summed E-state index contributed by atoms with van der Waals surface area (Å²) in [5.74, 6) is -0.584. The van der Waals surface area contributed by atoms with Crippen LogP contribution in [0.1, 0.15) is 47.0 Å². The zero-order valence-electron chi connectivity index (χ0n) is 20.4. The monoisotopic (exact) mass is 452 g/mol. The van der Waals surface area contributed by atoms with Crippen LogP contribution in [0.2, 0.25) is 0 Å². The molecule has 2 aliphatic rings. The second kappa shape index (κ2) is 11.8. The van der Waals surface area contributed by atoms with Crippen LogP contribution in [0.3, 0.4) is 0 Å². The van der Waals surface area contributed by atoms with E-state index in [2.05, 4.69) is 4.90 Å². The maximum atomic E-state index is 12.9. The van der Waals surface area contributed by atoms with Crippen LogP contribution in [-0.2, 0) is 19.0 Å². The van der Waals surface area contributed by atoms with Crippen LogP contribution in [0.15, 0.2) is 23.8 Å². The van der Waals surface area contributed by atoms with E-state index in [-0.39, 0.29) is 18.4 Å². The average molecular weight is 453 g/mol. The Morgan fingerprint density at radius 2 is 1.94 bits per heavy atom. The van der Waals surface area contributed by atoms with Crippen LogP contribution in [-0.4, -0.2) is 91.2 Å². The SMILES string of the molecule is C/C=C(\C)[C@H]1OC(=O)C[C@H](O)CC[C@@](C)(OC)[C@@H](OC(=O)N2CCN(C)CC2)/C=C/[C@@H]1C. The highest BCUT2D eigenvalue weighted by Crippen LogP contribution is 2.29. The van der Waals surface area contributed by atoms with Gasteiger partial charge in [-0.15, -0.1) is 0 Å². The molecular formula is C24H40N2O6. The molecule has 0 radical (unpaired) electrons. The fourth-order valence-electron chi connectivity index (χ4n) is 3.99. The van der Waals surface area contributed by atoms with Gasteiger partial charge in [0.1, 0.15) is 11.7 Å². The molecule has 0 aromatic heterocycles. The van der Waals surface area contributed by atoms with Gasteiger partial charge in [-0.05, 0) is 52.3 Å². The van der Waals surface area contributed by atoms with Crippen LogP contribution in [0.5, 0.6) is 0 Å². The van der Waals surface area contributed by atoms with E-state index >= 15 is 0 Å². The summed E-state index contributed by atoms with van der Waals surface area (Å²) in [7, 11) is 3.61. The molecule has 8 nitrogen and oxygen atoms in total. The van der Waals surface area contributed by atoms with Crippen molar-refractivity contribution in [3.63, 3.8) is 0 Å². The quantitative estimate of drug-likeness (QED) is 0.520. The number of cyclic esters (lactones) is 1. The summed E-state index contributed by atoms with van der Waals surface area (Å²) in [4.78, 5) is 29.2. The Labute approximate surface area is 192 Å². The topological polar surface area (TPSA) is 88.5 Å². The first kappa shape index (κ1) is 26.4. The molecule has 2 heterocycles. The lowest BCUT2D eigenvalue weighted by molar-refractivity contribution is -0.151. The highest BCUT2D eigenvalue weighted by molar-refractivity contribution is 5.70. The van der Waals surface area contributed by atoms with E-state index in [0.29, 0.717) is 25.9 Å². The van der Waals surface area contributed by atoms with Gasteiger partial charge < -0.3 is 29.1 Å². The number of aliphatic hydroxyl groups excluding tert-OH is 1. The lowest BCUT2D eigenvalue weighted by Gasteiger charge is -2.38. The van der Waals surface area contributed by atoms with Crippen molar-refractivity contribution < 1.29 is 28.9 Å². The Balaban J connectivity index is 2.31. The molecule has 0 spiro atoms. The van der Waals surface area contributed by atoms with Crippen molar-refractivity contribution in [3.8, 4) is 0 Å². The highest BCUT2D eigenvalue weighted by Gasteiger charge is 2.38. The molecule has 5 atom stereocenters. The first-order chi connectivity index (χ1) is 15.1. The van der Waals surface area contributed by atoms with Gasteiger partial charge in [-0.1, -0.05) is 19.1 Å². The third-order valence-electron chi connectivity index (χ3n) is 6.66. The van der Waals surface area contributed by atoms with Gasteiger partial charge in [0.05, 0.1) is 12.5 Å². The largest absolute Gasteiger partial charge is 0.457 e. The second-order valence-electron chi connectivity index (χ2n) is 9.20. The van der Waals surface area contributed by atoms with Crippen LogP contribution < -0.4 is 0 Å². The Morgan fingerprint density at radius 3 is 2.53 bits per heavy atom. The maximum absolute atomic E-state index is 12.9. The Hall–Kier alpha value is -1.90. The first-order valence-corrected chi connectivity index (χ1v) is 11.5. The number of likely N-dealkylation sites (N-methyl/N-ethyl adjacent to an activating group) is 1. The number of carbonyl (C=O) groups excluding carboxylic acids is 2. The molecule has 8 heteroatoms. The molecule has 32 heavy (non-hydrogen) atoms. The molecule has 0 aliphatic carbocycles. The van der Waals surface area contributed by atoms with Gasteiger partial charge in [0, 0.05) is 39.2 Å². The molecule has 2 aliphatic heterocycles. The molecule has 182 valence electrons. The zero-order chi connectivity index (χ0) is 23.9. The van der Waals surface area contributed by atoms with Crippen molar-refractivity contribution in [1.29, 1.82) is 0 Å². The van der Waals surface area contributed by atoms with Gasteiger partial charge in [0.15, 0.2) is 6.10 Å². The van der Waals surface area contributed by atoms with Crippen molar-refractivity contribution in [2.24, 2.45) is 5.92 Å². The predicted octanol–water partition coefficient (Wildman–Crippen LogP) is 2.76. The van der Waals surface area contributed by atoms with Crippen LogP contribution in [0.4, 0.5) is 4.79 Å². The van der Waals surface area contributed by atoms with Crippen molar-refractivity contribution >= 4 is 12.1 Å². The molecule has 1 amide bonds. The molecule has 1 fully saturated rings. The summed E-state index contributed by atoms with van der Waals surface area (Å²) >= 11 is 0.